The minimum atomic E-state index is 0.0960. The van der Waals surface area contributed by atoms with Gasteiger partial charge >= 0.3 is 0 Å². The van der Waals surface area contributed by atoms with Gasteiger partial charge in [-0.1, -0.05) is 0 Å². The smallest absolute Gasteiger partial charge is 0.224 e. The van der Waals surface area contributed by atoms with E-state index < -0.39 is 0 Å². The lowest BCUT2D eigenvalue weighted by Gasteiger charge is -2.32. The summed E-state index contributed by atoms with van der Waals surface area (Å²) in [6, 6.07) is 0.0960. The van der Waals surface area contributed by atoms with E-state index in [2.05, 4.69) is 0 Å². The number of hydrogen-bond donors (Lipinski definition) is 1. The maximum atomic E-state index is 12.1. The normalized spacial score (nSPS) is 23.1. The second kappa shape index (κ2) is 6.53. The van der Waals surface area contributed by atoms with Gasteiger partial charge in [0.05, 0.1) is 0 Å². The molecule has 0 bridgehead atoms. The number of amides is 1. The van der Waals surface area contributed by atoms with Gasteiger partial charge < -0.3 is 15.4 Å². The third kappa shape index (κ3) is 3.95. The maximum Gasteiger partial charge on any atom is 0.224 e. The van der Waals surface area contributed by atoms with E-state index in [0.29, 0.717) is 18.3 Å². The van der Waals surface area contributed by atoms with Crippen LogP contribution in [0.3, 0.4) is 0 Å². The summed E-state index contributed by atoms with van der Waals surface area (Å²) in [6.45, 7) is 5.43. The highest BCUT2D eigenvalue weighted by Gasteiger charge is 2.31. The number of nitrogens with zero attached hydrogens (tertiary/aromatic N) is 1. The summed E-state index contributed by atoms with van der Waals surface area (Å²) in [5.41, 5.74) is 6.01. The van der Waals surface area contributed by atoms with E-state index in [9.17, 15) is 4.79 Å². The summed E-state index contributed by atoms with van der Waals surface area (Å²) < 4.78 is 5.45. The van der Waals surface area contributed by atoms with Crippen LogP contribution in [0.5, 0.6) is 0 Å². The van der Waals surface area contributed by atoms with Crippen LogP contribution in [-0.2, 0) is 9.53 Å². The predicted octanol–water partition coefficient (Wildman–Crippen LogP) is 1.39. The summed E-state index contributed by atoms with van der Waals surface area (Å²) >= 11 is 0. The fourth-order valence-electron chi connectivity index (χ4n) is 2.66. The lowest BCUT2D eigenvalue weighted by molar-refractivity contribution is -0.133. The minimum Gasteiger partial charge on any atom is -0.381 e. The Balaban J connectivity index is 1.66. The molecule has 2 N–H and O–H groups in total. The van der Waals surface area contributed by atoms with E-state index in [4.69, 9.17) is 10.5 Å². The Morgan fingerprint density at radius 1 is 1.33 bits per heavy atom. The van der Waals surface area contributed by atoms with Crippen LogP contribution in [0.15, 0.2) is 0 Å². The molecule has 1 saturated carbocycles. The first-order valence-corrected chi connectivity index (χ1v) is 7.31. The molecule has 0 aromatic heterocycles. The van der Waals surface area contributed by atoms with Gasteiger partial charge in [0.2, 0.25) is 5.91 Å². The zero-order chi connectivity index (χ0) is 13.0. The van der Waals surface area contributed by atoms with Crippen molar-refractivity contribution in [3.8, 4) is 0 Å². The number of nitrogens with two attached hydrogens (primary N) is 1. The summed E-state index contributed by atoms with van der Waals surface area (Å²) in [5, 5.41) is 0. The SMILES string of the molecule is CCOCC1CCN(C(=O)C[C@H](N)C2CC2)CC1. The molecule has 0 aromatic rings. The van der Waals surface area contributed by atoms with Crippen LogP contribution in [0.1, 0.15) is 39.0 Å². The third-order valence-corrected chi connectivity index (χ3v) is 4.16. The molecule has 1 aliphatic carbocycles. The zero-order valence-electron chi connectivity index (χ0n) is 11.4. The molecule has 0 radical (unpaired) electrons. The lowest BCUT2D eigenvalue weighted by Crippen LogP contribution is -2.42. The van der Waals surface area contributed by atoms with Crippen molar-refractivity contribution in [2.75, 3.05) is 26.3 Å². The quantitative estimate of drug-likeness (QED) is 0.779. The number of hydrogen-bond acceptors (Lipinski definition) is 3. The van der Waals surface area contributed by atoms with Crippen molar-refractivity contribution in [3.63, 3.8) is 0 Å². The topological polar surface area (TPSA) is 55.6 Å². The minimum absolute atomic E-state index is 0.0960. The highest BCUT2D eigenvalue weighted by atomic mass is 16.5. The fraction of sp³-hybridized carbons (Fsp3) is 0.929. The van der Waals surface area contributed by atoms with Gasteiger partial charge in [-0.2, -0.15) is 0 Å². The monoisotopic (exact) mass is 254 g/mol. The van der Waals surface area contributed by atoms with Crippen LogP contribution < -0.4 is 5.73 Å². The Morgan fingerprint density at radius 2 is 2.00 bits per heavy atom. The van der Waals surface area contributed by atoms with Crippen LogP contribution in [-0.4, -0.2) is 43.2 Å². The van der Waals surface area contributed by atoms with Gasteiger partial charge in [0, 0.05) is 38.8 Å². The molecule has 0 aromatic carbocycles. The van der Waals surface area contributed by atoms with Gasteiger partial charge in [-0.05, 0) is 44.4 Å². The van der Waals surface area contributed by atoms with Gasteiger partial charge in [0.1, 0.15) is 0 Å². The number of likely N-dealkylation sites (tertiary alicyclic amines) is 1. The first kappa shape index (κ1) is 13.8. The zero-order valence-corrected chi connectivity index (χ0v) is 11.4. The van der Waals surface area contributed by atoms with E-state index in [1.54, 1.807) is 0 Å². The summed E-state index contributed by atoms with van der Waals surface area (Å²) in [4.78, 5) is 14.1. The average molecular weight is 254 g/mol. The first-order valence-electron chi connectivity index (χ1n) is 7.31. The van der Waals surface area contributed by atoms with Crippen LogP contribution >= 0.6 is 0 Å². The molecule has 104 valence electrons. The Hall–Kier alpha value is -0.610. The van der Waals surface area contributed by atoms with Crippen LogP contribution in [0.25, 0.3) is 0 Å². The number of piperidine rings is 1. The van der Waals surface area contributed by atoms with Crippen molar-refractivity contribution in [1.29, 1.82) is 0 Å². The van der Waals surface area contributed by atoms with Crippen LogP contribution in [0.2, 0.25) is 0 Å². The molecule has 4 nitrogen and oxygen atoms in total. The van der Waals surface area contributed by atoms with E-state index in [1.165, 1.54) is 12.8 Å². The summed E-state index contributed by atoms with van der Waals surface area (Å²) in [5.74, 6) is 1.50. The van der Waals surface area contributed by atoms with Crippen molar-refractivity contribution in [2.45, 2.75) is 45.1 Å². The molecule has 0 unspecified atom stereocenters. The Kier molecular flexibility index (Phi) is 5.01. The molecule has 1 heterocycles. The van der Waals surface area contributed by atoms with Gasteiger partial charge in [0.25, 0.3) is 0 Å². The van der Waals surface area contributed by atoms with E-state index in [-0.39, 0.29) is 11.9 Å². The second-order valence-corrected chi connectivity index (χ2v) is 5.69. The molecule has 2 fully saturated rings. The highest BCUT2D eigenvalue weighted by Crippen LogP contribution is 2.33. The average Bonchev–Trinajstić information content (AvgIpc) is 3.21. The van der Waals surface area contributed by atoms with E-state index in [1.807, 2.05) is 11.8 Å². The van der Waals surface area contributed by atoms with E-state index in [0.717, 1.165) is 39.1 Å². The predicted molar refractivity (Wildman–Crippen MR) is 71.1 cm³/mol. The molecule has 1 amide bonds. The third-order valence-electron chi connectivity index (χ3n) is 4.16. The van der Waals surface area contributed by atoms with Crippen molar-refractivity contribution in [1.82, 2.24) is 4.90 Å². The lowest BCUT2D eigenvalue weighted by atomic mass is 9.97. The number of rotatable bonds is 6. The molecule has 1 aliphatic heterocycles. The maximum absolute atomic E-state index is 12.1. The Bertz CT molecular complexity index is 271. The van der Waals surface area contributed by atoms with Gasteiger partial charge in [-0.25, -0.2) is 0 Å². The van der Waals surface area contributed by atoms with Gasteiger partial charge in [-0.15, -0.1) is 0 Å². The van der Waals surface area contributed by atoms with Crippen molar-refractivity contribution < 1.29 is 9.53 Å². The van der Waals surface area contributed by atoms with Crippen molar-refractivity contribution >= 4 is 5.91 Å². The Labute approximate surface area is 110 Å². The first-order chi connectivity index (χ1) is 8.70. The largest absolute Gasteiger partial charge is 0.381 e. The van der Waals surface area contributed by atoms with Gasteiger partial charge in [0.15, 0.2) is 0 Å². The van der Waals surface area contributed by atoms with Crippen LogP contribution in [0, 0.1) is 11.8 Å². The van der Waals surface area contributed by atoms with E-state index >= 15 is 0 Å². The number of carbonyl (C=O) groups is 1. The summed E-state index contributed by atoms with van der Waals surface area (Å²) in [6.07, 6.45) is 5.12. The highest BCUT2D eigenvalue weighted by molar-refractivity contribution is 5.77. The van der Waals surface area contributed by atoms with Crippen molar-refractivity contribution in [2.24, 2.45) is 17.6 Å². The molecular weight excluding hydrogens is 228 g/mol. The molecule has 4 heteroatoms. The second-order valence-electron chi connectivity index (χ2n) is 5.69. The molecule has 2 rings (SSSR count). The molecule has 2 aliphatic rings. The van der Waals surface area contributed by atoms with Crippen molar-refractivity contribution in [3.05, 3.63) is 0 Å². The number of carbonyl (C=O) groups excluding carboxylic acids is 1. The van der Waals surface area contributed by atoms with Gasteiger partial charge in [-0.3, -0.25) is 4.79 Å². The molecule has 1 saturated heterocycles. The fourth-order valence-corrected chi connectivity index (χ4v) is 2.66. The number of ether oxygens (including phenoxy) is 1. The summed E-state index contributed by atoms with van der Waals surface area (Å²) in [7, 11) is 0. The Morgan fingerprint density at radius 3 is 2.56 bits per heavy atom. The van der Waals surface area contributed by atoms with Crippen LogP contribution in [0.4, 0.5) is 0 Å². The molecular formula is C14H26N2O2. The standard InChI is InChI=1S/C14H26N2O2/c1-2-18-10-11-5-7-16(8-6-11)14(17)9-13(15)12-3-4-12/h11-13H,2-10,15H2,1H3/t13-/m0/s1. The molecule has 1 atom stereocenters. The molecule has 0 spiro atoms. The molecule has 18 heavy (non-hydrogen) atoms.